The molecule has 1 rings (SSSR count). The fourth-order valence-corrected chi connectivity index (χ4v) is 1.57. The Hall–Kier alpha value is -0.570. The van der Waals surface area contributed by atoms with E-state index in [0.717, 1.165) is 25.0 Å². The van der Waals surface area contributed by atoms with E-state index < -0.39 is 0 Å². The van der Waals surface area contributed by atoms with Crippen molar-refractivity contribution in [2.75, 3.05) is 0 Å². The summed E-state index contributed by atoms with van der Waals surface area (Å²) in [5, 5.41) is 7.93. The van der Waals surface area contributed by atoms with E-state index in [1.165, 1.54) is 0 Å². The smallest absolute Gasteiger partial charge is 0.0804 e. The van der Waals surface area contributed by atoms with Crippen LogP contribution in [-0.4, -0.2) is 17.2 Å². The van der Waals surface area contributed by atoms with Gasteiger partial charge in [0.2, 0.25) is 0 Å². The van der Waals surface area contributed by atoms with Crippen molar-refractivity contribution in [2.24, 2.45) is 4.99 Å². The van der Waals surface area contributed by atoms with Crippen LogP contribution >= 0.6 is 12.6 Å². The molecule has 1 unspecified atom stereocenters. The number of hydrogen-bond donors (Lipinski definition) is 2. The van der Waals surface area contributed by atoms with Crippen LogP contribution in [0.5, 0.6) is 0 Å². The van der Waals surface area contributed by atoms with Gasteiger partial charge in [-0.2, -0.15) is 12.6 Å². The summed E-state index contributed by atoms with van der Waals surface area (Å²) in [4.78, 5) is 4.14. The van der Waals surface area contributed by atoms with Crippen molar-refractivity contribution in [3.63, 3.8) is 0 Å². The minimum absolute atomic E-state index is 0.270. The zero-order valence-electron chi connectivity index (χ0n) is 7.25. The van der Waals surface area contributed by atoms with Crippen molar-refractivity contribution in [3.8, 4) is 0 Å². The molecule has 0 spiro atoms. The largest absolute Gasteiger partial charge is 0.303 e. The van der Waals surface area contributed by atoms with Gasteiger partial charge in [0.05, 0.1) is 11.4 Å². The van der Waals surface area contributed by atoms with Crippen molar-refractivity contribution in [1.29, 1.82) is 5.41 Å². The third-order valence-electron chi connectivity index (χ3n) is 1.85. The second-order valence-electron chi connectivity index (χ2n) is 2.88. The van der Waals surface area contributed by atoms with E-state index in [9.17, 15) is 0 Å². The molecule has 0 saturated heterocycles. The van der Waals surface area contributed by atoms with Crippen LogP contribution in [0.25, 0.3) is 0 Å². The first-order valence-corrected chi connectivity index (χ1v) is 4.72. The van der Waals surface area contributed by atoms with E-state index in [2.05, 4.69) is 17.6 Å². The Morgan fingerprint density at radius 1 is 1.75 bits per heavy atom. The Morgan fingerprint density at radius 3 is 3.17 bits per heavy atom. The summed E-state index contributed by atoms with van der Waals surface area (Å²) in [5.74, 6) is 0. The van der Waals surface area contributed by atoms with E-state index in [1.807, 2.05) is 13.0 Å². The lowest BCUT2D eigenvalue weighted by molar-refractivity contribution is 0.801. The van der Waals surface area contributed by atoms with Crippen molar-refractivity contribution in [2.45, 2.75) is 31.4 Å². The lowest BCUT2D eigenvalue weighted by atomic mass is 10.2. The highest BCUT2D eigenvalue weighted by Gasteiger charge is 2.11. The second-order valence-corrected chi connectivity index (χ2v) is 3.54. The van der Waals surface area contributed by atoms with Gasteiger partial charge >= 0.3 is 0 Å². The molecule has 0 amide bonds. The zero-order chi connectivity index (χ0) is 8.97. The summed E-state index contributed by atoms with van der Waals surface area (Å²) in [5.41, 5.74) is 1.44. The summed E-state index contributed by atoms with van der Waals surface area (Å²) >= 11 is 4.38. The Kier molecular flexibility index (Phi) is 3.53. The first kappa shape index (κ1) is 9.52. The predicted octanol–water partition coefficient (Wildman–Crippen LogP) is 2.46. The molecular weight excluding hydrogens is 168 g/mol. The molecule has 0 saturated carbocycles. The number of aliphatic imine (C=N–C) groups is 1. The highest BCUT2D eigenvalue weighted by atomic mass is 32.1. The molecule has 1 N–H and O–H groups in total. The summed E-state index contributed by atoms with van der Waals surface area (Å²) in [6.07, 6.45) is 6.63. The summed E-state index contributed by atoms with van der Waals surface area (Å²) in [6.45, 7) is 1.87. The molecule has 2 nitrogen and oxygen atoms in total. The fourth-order valence-electron chi connectivity index (χ4n) is 1.24. The molecule has 3 heteroatoms. The molecule has 0 bridgehead atoms. The minimum Gasteiger partial charge on any atom is -0.303 e. The van der Waals surface area contributed by atoms with Crippen LogP contribution in [0.2, 0.25) is 0 Å². The van der Waals surface area contributed by atoms with E-state index >= 15 is 0 Å². The van der Waals surface area contributed by atoms with E-state index in [-0.39, 0.29) is 5.25 Å². The van der Waals surface area contributed by atoms with Gasteiger partial charge in [0.25, 0.3) is 0 Å². The normalized spacial score (nSPS) is 25.7. The third-order valence-corrected chi connectivity index (χ3v) is 2.26. The number of nitrogens with one attached hydrogen (secondary N) is 1. The van der Waals surface area contributed by atoms with Crippen molar-refractivity contribution < 1.29 is 0 Å². The Labute approximate surface area is 78.7 Å². The van der Waals surface area contributed by atoms with Gasteiger partial charge < -0.3 is 5.41 Å². The SMILES string of the molecule is C/C=N\C1=CC(S)CCCC1=N. The minimum atomic E-state index is 0.270. The van der Waals surface area contributed by atoms with Gasteiger partial charge in [0.15, 0.2) is 0 Å². The average molecular weight is 182 g/mol. The highest BCUT2D eigenvalue weighted by molar-refractivity contribution is 7.81. The van der Waals surface area contributed by atoms with Gasteiger partial charge in [0, 0.05) is 11.5 Å². The van der Waals surface area contributed by atoms with Crippen molar-refractivity contribution in [3.05, 3.63) is 11.8 Å². The lowest BCUT2D eigenvalue weighted by Crippen LogP contribution is -1.97. The number of thiol groups is 1. The topological polar surface area (TPSA) is 36.2 Å². The number of hydrogen-bond acceptors (Lipinski definition) is 3. The van der Waals surface area contributed by atoms with Gasteiger partial charge in [-0.05, 0) is 32.3 Å². The zero-order valence-corrected chi connectivity index (χ0v) is 8.14. The van der Waals surface area contributed by atoms with Gasteiger partial charge in [-0.15, -0.1) is 0 Å². The van der Waals surface area contributed by atoms with Crippen LogP contribution in [0.3, 0.4) is 0 Å². The van der Waals surface area contributed by atoms with E-state index in [4.69, 9.17) is 5.41 Å². The monoisotopic (exact) mass is 182 g/mol. The van der Waals surface area contributed by atoms with E-state index in [1.54, 1.807) is 6.21 Å². The average Bonchev–Trinajstić information content (AvgIpc) is 2.16. The highest BCUT2D eigenvalue weighted by Crippen LogP contribution is 2.18. The number of nitrogens with zero attached hydrogens (tertiary/aromatic N) is 1. The summed E-state index contributed by atoms with van der Waals surface area (Å²) in [6, 6.07) is 0. The number of rotatable bonds is 1. The molecule has 0 heterocycles. The van der Waals surface area contributed by atoms with Gasteiger partial charge in [0.1, 0.15) is 0 Å². The molecule has 0 fully saturated rings. The van der Waals surface area contributed by atoms with E-state index in [0.29, 0.717) is 5.71 Å². The van der Waals surface area contributed by atoms with Crippen LogP contribution in [-0.2, 0) is 0 Å². The maximum atomic E-state index is 7.66. The van der Waals surface area contributed by atoms with Crippen LogP contribution in [0.15, 0.2) is 16.8 Å². The molecule has 1 aliphatic rings. The standard InChI is InChI=1S/C9H14N2S/c1-2-11-9-6-7(12)4-3-5-8(9)10/h2,6-7,10,12H,3-5H2,1H3/b10-8?,11-2-. The molecule has 1 aliphatic carbocycles. The van der Waals surface area contributed by atoms with Gasteiger partial charge in [-0.3, -0.25) is 4.99 Å². The molecule has 0 aromatic rings. The lowest BCUT2D eigenvalue weighted by Gasteiger charge is -1.99. The Bertz CT molecular complexity index is 231. The molecule has 66 valence electrons. The molecule has 0 aliphatic heterocycles. The third kappa shape index (κ3) is 2.48. The Morgan fingerprint density at radius 2 is 2.50 bits per heavy atom. The molecule has 12 heavy (non-hydrogen) atoms. The molecular formula is C9H14N2S. The summed E-state index contributed by atoms with van der Waals surface area (Å²) in [7, 11) is 0. The first-order chi connectivity index (χ1) is 5.74. The first-order valence-electron chi connectivity index (χ1n) is 4.20. The fraction of sp³-hybridized carbons (Fsp3) is 0.556. The van der Waals surface area contributed by atoms with Crippen LogP contribution in [0, 0.1) is 5.41 Å². The molecule has 0 aromatic heterocycles. The predicted molar refractivity (Wildman–Crippen MR) is 56.6 cm³/mol. The van der Waals surface area contributed by atoms with Crippen LogP contribution in [0.1, 0.15) is 26.2 Å². The van der Waals surface area contributed by atoms with Crippen molar-refractivity contribution >= 4 is 24.6 Å². The number of allylic oxidation sites excluding steroid dienone is 1. The molecule has 0 aromatic carbocycles. The van der Waals surface area contributed by atoms with Gasteiger partial charge in [-0.25, -0.2) is 0 Å². The second kappa shape index (κ2) is 4.45. The summed E-state index contributed by atoms with van der Waals surface area (Å²) < 4.78 is 0. The van der Waals surface area contributed by atoms with Gasteiger partial charge in [-0.1, -0.05) is 0 Å². The van der Waals surface area contributed by atoms with Crippen molar-refractivity contribution in [1.82, 2.24) is 0 Å². The maximum Gasteiger partial charge on any atom is 0.0804 e. The molecule has 0 radical (unpaired) electrons. The maximum absolute atomic E-state index is 7.66. The quantitative estimate of drug-likeness (QED) is 0.462. The molecule has 1 atom stereocenters. The van der Waals surface area contributed by atoms with Crippen LogP contribution in [0.4, 0.5) is 0 Å². The Balaban J connectivity index is 2.81. The van der Waals surface area contributed by atoms with Crippen LogP contribution < -0.4 is 0 Å².